The van der Waals surface area contributed by atoms with Crippen LogP contribution in [0, 0.1) is 5.92 Å². The maximum atomic E-state index is 8.54. The van der Waals surface area contributed by atoms with Crippen molar-refractivity contribution in [1.82, 2.24) is 0 Å². The molecular formula is C6H15BO2. The molecule has 0 atom stereocenters. The van der Waals surface area contributed by atoms with Crippen LogP contribution in [0.15, 0.2) is 0 Å². The fourth-order valence-electron chi connectivity index (χ4n) is 0.920. The van der Waals surface area contributed by atoms with Gasteiger partial charge in [-0.3, -0.25) is 0 Å². The van der Waals surface area contributed by atoms with Crippen LogP contribution in [-0.4, -0.2) is 17.2 Å². The van der Waals surface area contributed by atoms with Crippen molar-refractivity contribution in [3.63, 3.8) is 0 Å². The fourth-order valence-corrected chi connectivity index (χ4v) is 0.920. The summed E-state index contributed by atoms with van der Waals surface area (Å²) < 4.78 is 0. The molecule has 0 fully saturated rings. The highest BCUT2D eigenvalue weighted by atomic mass is 16.4. The highest BCUT2D eigenvalue weighted by Gasteiger charge is 2.12. The Hall–Kier alpha value is -0.0151. The first kappa shape index (κ1) is 8.98. The Kier molecular flexibility index (Phi) is 4.82. The number of hydrogen-bond acceptors (Lipinski definition) is 2. The molecule has 0 saturated heterocycles. The lowest BCUT2D eigenvalue weighted by Crippen LogP contribution is -2.15. The molecule has 2 N–H and O–H groups in total. The molecule has 0 aliphatic heterocycles. The van der Waals surface area contributed by atoms with E-state index in [1.807, 2.05) is 0 Å². The number of hydrogen-bond donors (Lipinski definition) is 2. The Bertz CT molecular complexity index is 62.1. The van der Waals surface area contributed by atoms with Gasteiger partial charge in [-0.1, -0.05) is 26.7 Å². The van der Waals surface area contributed by atoms with Gasteiger partial charge >= 0.3 is 7.12 Å². The molecule has 0 aliphatic rings. The molecule has 3 heteroatoms. The third-order valence-corrected chi connectivity index (χ3v) is 1.70. The lowest BCUT2D eigenvalue weighted by atomic mass is 9.76. The molecule has 9 heavy (non-hydrogen) atoms. The third-order valence-electron chi connectivity index (χ3n) is 1.70. The van der Waals surface area contributed by atoms with E-state index in [9.17, 15) is 0 Å². The molecule has 2 nitrogen and oxygen atoms in total. The van der Waals surface area contributed by atoms with Crippen LogP contribution in [0.4, 0.5) is 0 Å². The molecule has 0 saturated carbocycles. The first-order chi connectivity index (χ1) is 4.20. The van der Waals surface area contributed by atoms with E-state index in [2.05, 4.69) is 13.8 Å². The molecule has 0 heterocycles. The zero-order chi connectivity index (χ0) is 7.28. The number of rotatable bonds is 4. The predicted molar refractivity (Wildman–Crippen MR) is 39.1 cm³/mol. The van der Waals surface area contributed by atoms with Crippen LogP contribution in [0.1, 0.15) is 26.7 Å². The van der Waals surface area contributed by atoms with E-state index in [4.69, 9.17) is 10.0 Å². The van der Waals surface area contributed by atoms with E-state index in [1.165, 1.54) is 0 Å². The Morgan fingerprint density at radius 1 is 1.22 bits per heavy atom. The predicted octanol–water partition coefficient (Wildman–Crippen LogP) is 0.895. The monoisotopic (exact) mass is 130 g/mol. The van der Waals surface area contributed by atoms with Gasteiger partial charge in [-0.15, -0.1) is 0 Å². The summed E-state index contributed by atoms with van der Waals surface area (Å²) in [5.41, 5.74) is 0. The molecule has 0 radical (unpaired) electrons. The van der Waals surface area contributed by atoms with E-state index in [0.29, 0.717) is 12.2 Å². The van der Waals surface area contributed by atoms with Gasteiger partial charge in [0.2, 0.25) is 0 Å². The van der Waals surface area contributed by atoms with Gasteiger partial charge in [0.15, 0.2) is 0 Å². The summed E-state index contributed by atoms with van der Waals surface area (Å²) in [5.74, 6) is 0.477. The van der Waals surface area contributed by atoms with E-state index >= 15 is 0 Å². The van der Waals surface area contributed by atoms with Crippen LogP contribution in [-0.2, 0) is 0 Å². The van der Waals surface area contributed by atoms with E-state index < -0.39 is 7.12 Å². The summed E-state index contributed by atoms with van der Waals surface area (Å²) in [6.07, 6.45) is 2.59. The van der Waals surface area contributed by atoms with Crippen molar-refractivity contribution in [3.8, 4) is 0 Å². The SMILES string of the molecule is CCC(CC)CB(O)O. The molecule has 0 unspecified atom stereocenters. The highest BCUT2D eigenvalue weighted by molar-refractivity contribution is 6.41. The van der Waals surface area contributed by atoms with Gasteiger partial charge in [0, 0.05) is 0 Å². The van der Waals surface area contributed by atoms with E-state index in [0.717, 1.165) is 12.8 Å². The summed E-state index contributed by atoms with van der Waals surface area (Å²) >= 11 is 0. The van der Waals surface area contributed by atoms with Gasteiger partial charge in [0.1, 0.15) is 0 Å². The molecule has 0 rings (SSSR count). The second-order valence-electron chi connectivity index (χ2n) is 2.40. The van der Waals surface area contributed by atoms with Gasteiger partial charge in [-0.2, -0.15) is 0 Å². The lowest BCUT2D eigenvalue weighted by Gasteiger charge is -2.09. The molecule has 0 aromatic heterocycles. The smallest absolute Gasteiger partial charge is 0.427 e. The van der Waals surface area contributed by atoms with Crippen molar-refractivity contribution < 1.29 is 10.0 Å². The van der Waals surface area contributed by atoms with Crippen molar-refractivity contribution in [2.45, 2.75) is 33.0 Å². The average Bonchev–Trinajstić information content (AvgIpc) is 1.82. The molecule has 0 aliphatic carbocycles. The first-order valence-corrected chi connectivity index (χ1v) is 3.56. The summed E-state index contributed by atoms with van der Waals surface area (Å²) in [6, 6.07) is 0. The van der Waals surface area contributed by atoms with Crippen molar-refractivity contribution >= 4 is 7.12 Å². The van der Waals surface area contributed by atoms with E-state index in [-0.39, 0.29) is 0 Å². The first-order valence-electron chi connectivity index (χ1n) is 3.56. The van der Waals surface area contributed by atoms with Gasteiger partial charge in [-0.05, 0) is 12.2 Å². The molecule has 54 valence electrons. The summed E-state index contributed by atoms with van der Waals surface area (Å²) in [6.45, 7) is 4.13. The van der Waals surface area contributed by atoms with Crippen LogP contribution < -0.4 is 0 Å². The van der Waals surface area contributed by atoms with Gasteiger partial charge in [0.05, 0.1) is 0 Å². The topological polar surface area (TPSA) is 40.5 Å². The van der Waals surface area contributed by atoms with Gasteiger partial charge < -0.3 is 10.0 Å². The molecule has 0 bridgehead atoms. The second-order valence-corrected chi connectivity index (χ2v) is 2.40. The van der Waals surface area contributed by atoms with Crippen LogP contribution >= 0.6 is 0 Å². The zero-order valence-corrected chi connectivity index (χ0v) is 6.17. The normalized spacial score (nSPS) is 10.3. The molecule has 0 aromatic rings. The van der Waals surface area contributed by atoms with Crippen molar-refractivity contribution in [3.05, 3.63) is 0 Å². The lowest BCUT2D eigenvalue weighted by molar-refractivity contribution is 0.380. The zero-order valence-electron chi connectivity index (χ0n) is 6.17. The second kappa shape index (κ2) is 4.83. The molecule has 0 amide bonds. The van der Waals surface area contributed by atoms with Crippen molar-refractivity contribution in [1.29, 1.82) is 0 Å². The minimum atomic E-state index is -1.12. The minimum absolute atomic E-state index is 0.477. The third kappa shape index (κ3) is 4.49. The standard InChI is InChI=1S/C6H15BO2/c1-3-6(4-2)5-7(8)9/h6,8-9H,3-5H2,1-2H3. The Morgan fingerprint density at radius 3 is 1.78 bits per heavy atom. The van der Waals surface area contributed by atoms with E-state index in [1.54, 1.807) is 0 Å². The van der Waals surface area contributed by atoms with Crippen molar-refractivity contribution in [2.24, 2.45) is 5.92 Å². The highest BCUT2D eigenvalue weighted by Crippen LogP contribution is 2.13. The van der Waals surface area contributed by atoms with Crippen LogP contribution in [0.2, 0.25) is 6.32 Å². The maximum Gasteiger partial charge on any atom is 0.451 e. The van der Waals surface area contributed by atoms with Gasteiger partial charge in [-0.25, -0.2) is 0 Å². The van der Waals surface area contributed by atoms with Crippen molar-refractivity contribution in [2.75, 3.05) is 0 Å². The summed E-state index contributed by atoms with van der Waals surface area (Å²) in [4.78, 5) is 0. The quantitative estimate of drug-likeness (QED) is 0.555. The van der Waals surface area contributed by atoms with Crippen LogP contribution in [0.3, 0.4) is 0 Å². The largest absolute Gasteiger partial charge is 0.451 e. The van der Waals surface area contributed by atoms with Gasteiger partial charge in [0.25, 0.3) is 0 Å². The molecular weight excluding hydrogens is 115 g/mol. The molecule has 0 aromatic carbocycles. The Balaban J connectivity index is 3.31. The maximum absolute atomic E-state index is 8.54. The van der Waals surface area contributed by atoms with Crippen LogP contribution in [0.25, 0.3) is 0 Å². The average molecular weight is 130 g/mol. The minimum Gasteiger partial charge on any atom is -0.427 e. The Morgan fingerprint density at radius 2 is 1.67 bits per heavy atom. The van der Waals surface area contributed by atoms with Crippen LogP contribution in [0.5, 0.6) is 0 Å². The molecule has 0 spiro atoms. The Labute approximate surface area is 57.0 Å². The fraction of sp³-hybridized carbons (Fsp3) is 1.00. The summed E-state index contributed by atoms with van der Waals surface area (Å²) in [5, 5.41) is 17.1. The summed E-state index contributed by atoms with van der Waals surface area (Å²) in [7, 11) is -1.12.